The van der Waals surface area contributed by atoms with Crippen molar-refractivity contribution in [1.29, 1.82) is 0 Å². The molecule has 2 unspecified atom stereocenters. The van der Waals surface area contributed by atoms with E-state index in [2.05, 4.69) is 20.4 Å². The molecule has 4 aromatic rings. The Morgan fingerprint density at radius 2 is 1.82 bits per heavy atom. The maximum atomic E-state index is 14.9. The van der Waals surface area contributed by atoms with Crippen molar-refractivity contribution in [3.63, 3.8) is 0 Å². The average molecular weight is 642 g/mol. The van der Waals surface area contributed by atoms with Crippen molar-refractivity contribution in [1.82, 2.24) is 25.1 Å². The Kier molecular flexibility index (Phi) is 8.08. The number of ether oxygens (including phenoxy) is 1. The second kappa shape index (κ2) is 11.9. The fourth-order valence-electron chi connectivity index (χ4n) is 6.11. The van der Waals surface area contributed by atoms with Crippen molar-refractivity contribution >= 4 is 29.3 Å². The van der Waals surface area contributed by atoms with Gasteiger partial charge in [-0.25, -0.2) is 4.68 Å². The van der Waals surface area contributed by atoms with E-state index in [1.54, 1.807) is 55.6 Å². The number of rotatable bonds is 7. The van der Waals surface area contributed by atoms with Crippen LogP contribution >= 0.6 is 11.6 Å². The van der Waals surface area contributed by atoms with Crippen molar-refractivity contribution in [3.05, 3.63) is 77.1 Å². The molecule has 45 heavy (non-hydrogen) atoms. The lowest BCUT2D eigenvalue weighted by atomic mass is 9.76. The van der Waals surface area contributed by atoms with Gasteiger partial charge < -0.3 is 25.8 Å². The van der Waals surface area contributed by atoms with Gasteiger partial charge in [-0.1, -0.05) is 29.8 Å². The fourth-order valence-corrected chi connectivity index (χ4v) is 6.23. The smallest absolute Gasteiger partial charge is 0.429 e. The number of alkyl halides is 3. The van der Waals surface area contributed by atoms with E-state index in [9.17, 15) is 23.1 Å². The van der Waals surface area contributed by atoms with Crippen LogP contribution in [0.2, 0.25) is 5.02 Å². The number of carboxylic acid groups (broad SMARTS) is 1. The molecule has 2 atom stereocenters. The highest BCUT2D eigenvalue weighted by Crippen LogP contribution is 2.43. The SMILES string of the molecule is Cc1ccn(-c2ccc(-c3ccc(Cl)cc3)cc2C(Oc2cc(N3CCC4(CC3)CNC(C(=O)O)C4)nc(N)n2)C(F)(F)F)n1. The maximum absolute atomic E-state index is 14.9. The number of aliphatic carboxylic acids is 1. The number of nitrogens with zero attached hydrogens (tertiary/aromatic N) is 5. The highest BCUT2D eigenvalue weighted by atomic mass is 35.5. The number of nitrogen functional groups attached to an aromatic ring is 1. The van der Waals surface area contributed by atoms with Gasteiger partial charge in [0.15, 0.2) is 0 Å². The normalized spacial score (nSPS) is 18.7. The molecule has 0 radical (unpaired) electrons. The molecule has 6 rings (SSSR count). The zero-order valence-corrected chi connectivity index (χ0v) is 25.0. The number of hydrogen-bond donors (Lipinski definition) is 3. The molecule has 4 heterocycles. The Labute approximate surface area is 262 Å². The monoisotopic (exact) mass is 641 g/mol. The molecule has 2 aromatic carbocycles. The first-order valence-corrected chi connectivity index (χ1v) is 14.8. The lowest BCUT2D eigenvalue weighted by Gasteiger charge is -2.39. The van der Waals surface area contributed by atoms with Gasteiger partial charge in [0.2, 0.25) is 17.9 Å². The third-order valence-electron chi connectivity index (χ3n) is 8.51. The van der Waals surface area contributed by atoms with E-state index in [0.717, 1.165) is 0 Å². The lowest BCUT2D eigenvalue weighted by Crippen LogP contribution is -2.41. The van der Waals surface area contributed by atoms with Crippen molar-refractivity contribution in [2.45, 2.75) is 44.5 Å². The third kappa shape index (κ3) is 6.54. The summed E-state index contributed by atoms with van der Waals surface area (Å²) in [6, 6.07) is 14.0. The molecule has 0 aliphatic carbocycles. The van der Waals surface area contributed by atoms with Crippen molar-refractivity contribution < 1.29 is 27.8 Å². The zero-order chi connectivity index (χ0) is 31.9. The summed E-state index contributed by atoms with van der Waals surface area (Å²) in [7, 11) is 0. The van der Waals surface area contributed by atoms with Gasteiger partial charge in [-0.2, -0.15) is 28.2 Å². The molecule has 10 nitrogen and oxygen atoms in total. The third-order valence-corrected chi connectivity index (χ3v) is 8.76. The topological polar surface area (TPSA) is 131 Å². The highest BCUT2D eigenvalue weighted by Gasteiger charge is 2.46. The molecule has 2 fully saturated rings. The number of piperidine rings is 1. The molecule has 2 aromatic heterocycles. The second-order valence-corrected chi connectivity index (χ2v) is 12.0. The van der Waals surface area contributed by atoms with Gasteiger partial charge in [-0.3, -0.25) is 4.79 Å². The standard InChI is InChI=1S/C31H31ClF3N7O3/c1-18-8-11-42(40-18)24-7-4-20(19-2-5-21(32)6-3-19)14-22(24)27(31(33,34)35)45-26-15-25(38-29(36)39-26)41-12-9-30(10-13-41)16-23(28(43)44)37-17-30/h2-8,11,14-15,23,27,37H,9-10,12-13,16-17H2,1H3,(H,43,44)(H2,36,38,39). The first kappa shape index (κ1) is 30.7. The van der Waals surface area contributed by atoms with Crippen LogP contribution in [0.15, 0.2) is 60.8 Å². The number of nitrogens with one attached hydrogen (secondary N) is 1. The van der Waals surface area contributed by atoms with Gasteiger partial charge in [0.1, 0.15) is 11.9 Å². The van der Waals surface area contributed by atoms with Gasteiger partial charge in [-0.05, 0) is 73.1 Å². The summed E-state index contributed by atoms with van der Waals surface area (Å²) in [5, 5.41) is 17.3. The van der Waals surface area contributed by atoms with Gasteiger partial charge in [0, 0.05) is 42.5 Å². The fraction of sp³-hybridized carbons (Fsp3) is 0.355. The van der Waals surface area contributed by atoms with Gasteiger partial charge in [0.05, 0.1) is 11.4 Å². The molecular weight excluding hydrogens is 611 g/mol. The highest BCUT2D eigenvalue weighted by molar-refractivity contribution is 6.30. The molecule has 0 amide bonds. The molecule has 0 bridgehead atoms. The number of nitrogens with two attached hydrogens (primary N) is 1. The van der Waals surface area contributed by atoms with Crippen LogP contribution in [0.3, 0.4) is 0 Å². The number of carbonyl (C=O) groups is 1. The van der Waals surface area contributed by atoms with Crippen molar-refractivity contribution in [3.8, 4) is 22.7 Å². The van der Waals surface area contributed by atoms with Crippen LogP contribution < -0.4 is 20.7 Å². The van der Waals surface area contributed by atoms with Crippen molar-refractivity contribution in [2.75, 3.05) is 30.3 Å². The van der Waals surface area contributed by atoms with E-state index in [-0.39, 0.29) is 28.5 Å². The quantitative estimate of drug-likeness (QED) is 0.236. The second-order valence-electron chi connectivity index (χ2n) is 11.6. The van der Waals surface area contributed by atoms with Crippen LogP contribution in [0, 0.1) is 12.3 Å². The Morgan fingerprint density at radius 3 is 2.44 bits per heavy atom. The number of anilines is 2. The van der Waals surface area contributed by atoms with Crippen LogP contribution in [0.5, 0.6) is 5.88 Å². The number of benzene rings is 2. The molecule has 2 saturated heterocycles. The number of aryl methyl sites for hydroxylation is 1. The Hall–Kier alpha value is -4.36. The summed E-state index contributed by atoms with van der Waals surface area (Å²) in [4.78, 5) is 21.6. The van der Waals surface area contributed by atoms with Crippen LogP contribution in [0.25, 0.3) is 16.8 Å². The van der Waals surface area contributed by atoms with Crippen LogP contribution in [0.1, 0.15) is 36.6 Å². The maximum Gasteiger partial charge on any atom is 0.429 e. The summed E-state index contributed by atoms with van der Waals surface area (Å²) < 4.78 is 51.7. The lowest BCUT2D eigenvalue weighted by molar-refractivity contribution is -0.198. The van der Waals surface area contributed by atoms with E-state index in [1.807, 2.05) is 4.90 Å². The van der Waals surface area contributed by atoms with Gasteiger partial charge >= 0.3 is 12.1 Å². The molecule has 1 spiro atoms. The van der Waals surface area contributed by atoms with E-state index < -0.39 is 24.3 Å². The number of carboxylic acids is 1. The molecule has 0 saturated carbocycles. The number of aromatic nitrogens is 4. The predicted octanol–water partition coefficient (Wildman–Crippen LogP) is 5.59. The average Bonchev–Trinajstić information content (AvgIpc) is 3.62. The first-order chi connectivity index (χ1) is 21.4. The predicted molar refractivity (Wildman–Crippen MR) is 163 cm³/mol. The summed E-state index contributed by atoms with van der Waals surface area (Å²) in [6.07, 6.45) is -3.77. The molecule has 14 heteroatoms. The number of halogens is 4. The van der Waals surface area contributed by atoms with Crippen LogP contribution in [0.4, 0.5) is 24.9 Å². The molecule has 236 valence electrons. The van der Waals surface area contributed by atoms with Crippen LogP contribution in [-0.2, 0) is 4.79 Å². The van der Waals surface area contributed by atoms with E-state index in [0.29, 0.717) is 66.6 Å². The van der Waals surface area contributed by atoms with Gasteiger partial charge in [0.25, 0.3) is 0 Å². The van der Waals surface area contributed by atoms with E-state index >= 15 is 0 Å². The number of hydrogen-bond acceptors (Lipinski definition) is 8. The van der Waals surface area contributed by atoms with Gasteiger partial charge in [-0.15, -0.1) is 0 Å². The summed E-state index contributed by atoms with van der Waals surface area (Å²) >= 11 is 6.04. The minimum Gasteiger partial charge on any atom is -0.480 e. The Balaban J connectivity index is 1.32. The summed E-state index contributed by atoms with van der Waals surface area (Å²) in [5.74, 6) is -1.08. The van der Waals surface area contributed by atoms with E-state index in [4.69, 9.17) is 22.1 Å². The molecule has 4 N–H and O–H groups in total. The largest absolute Gasteiger partial charge is 0.480 e. The minimum absolute atomic E-state index is 0.158. The van der Waals surface area contributed by atoms with E-state index in [1.165, 1.54) is 16.8 Å². The first-order valence-electron chi connectivity index (χ1n) is 14.4. The summed E-state index contributed by atoms with van der Waals surface area (Å²) in [5.41, 5.74) is 7.69. The molecular formula is C31H31ClF3N7O3. The molecule has 2 aliphatic heterocycles. The zero-order valence-electron chi connectivity index (χ0n) is 24.3. The van der Waals surface area contributed by atoms with Crippen molar-refractivity contribution in [2.24, 2.45) is 5.41 Å². The minimum atomic E-state index is -4.84. The summed E-state index contributed by atoms with van der Waals surface area (Å²) in [6.45, 7) is 3.40. The Bertz CT molecular complexity index is 1710. The molecule has 2 aliphatic rings. The van der Waals surface area contributed by atoms with Crippen LogP contribution in [-0.4, -0.2) is 62.7 Å². The Morgan fingerprint density at radius 1 is 1.11 bits per heavy atom.